The molecular formula is C10H21N3. The van der Waals surface area contributed by atoms with Crippen LogP contribution in [0.5, 0.6) is 0 Å². The van der Waals surface area contributed by atoms with Gasteiger partial charge in [0.05, 0.1) is 13.3 Å². The zero-order chi connectivity index (χ0) is 9.10. The van der Waals surface area contributed by atoms with Crippen molar-refractivity contribution < 1.29 is 0 Å². The molecule has 0 bridgehead atoms. The average Bonchev–Trinajstić information content (AvgIpc) is 2.05. The number of likely N-dealkylation sites (tertiary alicyclic amines) is 1. The quantitative estimate of drug-likeness (QED) is 0.689. The predicted molar refractivity (Wildman–Crippen MR) is 54.4 cm³/mol. The lowest BCUT2D eigenvalue weighted by Crippen LogP contribution is -2.52. The highest BCUT2D eigenvalue weighted by Crippen LogP contribution is 2.19. The topological polar surface area (TPSA) is 18.5 Å². The molecule has 0 spiro atoms. The maximum atomic E-state index is 3.27. The molecule has 2 aliphatic heterocycles. The molecule has 0 saturated carbocycles. The van der Waals surface area contributed by atoms with Gasteiger partial charge in [0, 0.05) is 6.54 Å². The SMILES string of the molecule is CN1CCC(CCN2CNC2)CC1. The summed E-state index contributed by atoms with van der Waals surface area (Å²) < 4.78 is 0. The number of hydrogen-bond acceptors (Lipinski definition) is 3. The second-order valence-corrected chi connectivity index (χ2v) is 4.50. The van der Waals surface area contributed by atoms with E-state index in [1.54, 1.807) is 0 Å². The van der Waals surface area contributed by atoms with Crippen LogP contribution in [0.4, 0.5) is 0 Å². The fourth-order valence-corrected chi connectivity index (χ4v) is 2.14. The van der Waals surface area contributed by atoms with Gasteiger partial charge in [0.15, 0.2) is 0 Å². The maximum Gasteiger partial charge on any atom is 0.0502 e. The monoisotopic (exact) mass is 183 g/mol. The Hall–Kier alpha value is -0.120. The van der Waals surface area contributed by atoms with Crippen molar-refractivity contribution in [1.82, 2.24) is 15.1 Å². The summed E-state index contributed by atoms with van der Waals surface area (Å²) in [4.78, 5) is 4.93. The van der Waals surface area contributed by atoms with Gasteiger partial charge in [0.2, 0.25) is 0 Å². The maximum absolute atomic E-state index is 3.27. The van der Waals surface area contributed by atoms with E-state index in [-0.39, 0.29) is 0 Å². The summed E-state index contributed by atoms with van der Waals surface area (Å²) in [5.74, 6) is 0.997. The molecule has 0 amide bonds. The zero-order valence-corrected chi connectivity index (χ0v) is 8.63. The molecule has 2 heterocycles. The van der Waals surface area contributed by atoms with E-state index in [9.17, 15) is 0 Å². The third-order valence-electron chi connectivity index (χ3n) is 3.36. The lowest BCUT2D eigenvalue weighted by Gasteiger charge is -2.35. The smallest absolute Gasteiger partial charge is 0.0502 e. The van der Waals surface area contributed by atoms with E-state index in [0.29, 0.717) is 0 Å². The third kappa shape index (κ3) is 2.66. The molecule has 0 radical (unpaired) electrons. The van der Waals surface area contributed by atoms with E-state index in [2.05, 4.69) is 22.2 Å². The minimum atomic E-state index is 0.997. The first-order valence-electron chi connectivity index (χ1n) is 5.46. The van der Waals surface area contributed by atoms with Crippen LogP contribution >= 0.6 is 0 Å². The van der Waals surface area contributed by atoms with E-state index in [4.69, 9.17) is 0 Å². The van der Waals surface area contributed by atoms with Crippen LogP contribution in [0.15, 0.2) is 0 Å². The summed E-state index contributed by atoms with van der Waals surface area (Å²) in [7, 11) is 2.23. The van der Waals surface area contributed by atoms with E-state index in [1.165, 1.54) is 38.9 Å². The van der Waals surface area contributed by atoms with Gasteiger partial charge in [-0.1, -0.05) is 0 Å². The molecule has 0 aromatic carbocycles. The van der Waals surface area contributed by atoms with E-state index < -0.39 is 0 Å². The molecule has 1 N–H and O–H groups in total. The normalized spacial score (nSPS) is 27.5. The second kappa shape index (κ2) is 4.40. The molecule has 76 valence electrons. The molecule has 3 nitrogen and oxygen atoms in total. The second-order valence-electron chi connectivity index (χ2n) is 4.50. The van der Waals surface area contributed by atoms with Gasteiger partial charge in [0.25, 0.3) is 0 Å². The van der Waals surface area contributed by atoms with Crippen molar-refractivity contribution >= 4 is 0 Å². The highest BCUT2D eigenvalue weighted by molar-refractivity contribution is 4.72. The Kier molecular flexibility index (Phi) is 3.19. The Morgan fingerprint density at radius 2 is 1.92 bits per heavy atom. The molecule has 0 aromatic heterocycles. The van der Waals surface area contributed by atoms with Crippen molar-refractivity contribution in [1.29, 1.82) is 0 Å². The van der Waals surface area contributed by atoms with Gasteiger partial charge in [-0.15, -0.1) is 0 Å². The van der Waals surface area contributed by atoms with Crippen molar-refractivity contribution in [2.75, 3.05) is 40.0 Å². The Morgan fingerprint density at radius 1 is 1.23 bits per heavy atom. The highest BCUT2D eigenvalue weighted by atomic mass is 15.4. The van der Waals surface area contributed by atoms with Gasteiger partial charge >= 0.3 is 0 Å². The number of hydrogen-bond donors (Lipinski definition) is 1. The van der Waals surface area contributed by atoms with Gasteiger partial charge in [0.1, 0.15) is 0 Å². The molecule has 3 heteroatoms. The number of nitrogens with zero attached hydrogens (tertiary/aromatic N) is 2. The summed E-state index contributed by atoms with van der Waals surface area (Å²) in [6.45, 7) is 6.16. The number of piperidine rings is 1. The molecule has 13 heavy (non-hydrogen) atoms. The number of rotatable bonds is 3. The van der Waals surface area contributed by atoms with Crippen molar-refractivity contribution in [3.8, 4) is 0 Å². The molecule has 2 rings (SSSR count). The standard InChI is InChI=1S/C10H21N3/c1-12-5-2-10(3-6-12)4-7-13-8-11-9-13/h10-11H,2-9H2,1H3. The number of nitrogens with one attached hydrogen (secondary N) is 1. The highest BCUT2D eigenvalue weighted by Gasteiger charge is 2.19. The fourth-order valence-electron chi connectivity index (χ4n) is 2.14. The molecule has 0 aliphatic carbocycles. The molecule has 0 unspecified atom stereocenters. The van der Waals surface area contributed by atoms with Crippen molar-refractivity contribution in [3.05, 3.63) is 0 Å². The Morgan fingerprint density at radius 3 is 2.46 bits per heavy atom. The Bertz CT molecular complexity index is 148. The fraction of sp³-hybridized carbons (Fsp3) is 1.00. The zero-order valence-electron chi connectivity index (χ0n) is 8.63. The first-order valence-corrected chi connectivity index (χ1v) is 5.46. The molecule has 2 aliphatic rings. The van der Waals surface area contributed by atoms with Crippen LogP contribution in [0.25, 0.3) is 0 Å². The summed E-state index contributed by atoms with van der Waals surface area (Å²) in [5, 5.41) is 3.27. The van der Waals surface area contributed by atoms with Crippen LogP contribution < -0.4 is 5.32 Å². The van der Waals surface area contributed by atoms with Crippen LogP contribution in [0, 0.1) is 5.92 Å². The van der Waals surface area contributed by atoms with Gasteiger partial charge in [-0.3, -0.25) is 10.2 Å². The summed E-state index contributed by atoms with van der Waals surface area (Å²) in [5.41, 5.74) is 0. The van der Waals surface area contributed by atoms with Crippen LogP contribution in [-0.2, 0) is 0 Å². The molecule has 2 fully saturated rings. The first kappa shape index (κ1) is 9.44. The van der Waals surface area contributed by atoms with Crippen molar-refractivity contribution in [2.24, 2.45) is 5.92 Å². The predicted octanol–water partition coefficient (Wildman–Crippen LogP) is 0.539. The molecule has 0 aromatic rings. The largest absolute Gasteiger partial charge is 0.306 e. The van der Waals surface area contributed by atoms with Crippen molar-refractivity contribution in [3.63, 3.8) is 0 Å². The van der Waals surface area contributed by atoms with Gasteiger partial charge in [-0.2, -0.15) is 0 Å². The van der Waals surface area contributed by atoms with Gasteiger partial charge in [-0.05, 0) is 45.3 Å². The lowest BCUT2D eigenvalue weighted by atomic mass is 9.93. The van der Waals surface area contributed by atoms with Crippen LogP contribution in [-0.4, -0.2) is 49.8 Å². The molecule has 0 atom stereocenters. The lowest BCUT2D eigenvalue weighted by molar-refractivity contribution is 0.117. The first-order chi connectivity index (χ1) is 6.34. The minimum Gasteiger partial charge on any atom is -0.306 e. The third-order valence-corrected chi connectivity index (χ3v) is 3.36. The summed E-state index contributed by atoms with van der Waals surface area (Å²) >= 11 is 0. The van der Waals surface area contributed by atoms with E-state index in [0.717, 1.165) is 19.3 Å². The van der Waals surface area contributed by atoms with Crippen LogP contribution in [0.2, 0.25) is 0 Å². The van der Waals surface area contributed by atoms with Gasteiger partial charge < -0.3 is 4.90 Å². The van der Waals surface area contributed by atoms with Gasteiger partial charge in [-0.25, -0.2) is 0 Å². The van der Waals surface area contributed by atoms with E-state index >= 15 is 0 Å². The van der Waals surface area contributed by atoms with Crippen LogP contribution in [0.3, 0.4) is 0 Å². The molecule has 2 saturated heterocycles. The average molecular weight is 183 g/mol. The minimum absolute atomic E-state index is 0.997. The Balaban J connectivity index is 1.59. The summed E-state index contributed by atoms with van der Waals surface area (Å²) in [6.07, 6.45) is 4.24. The Labute approximate surface area is 81.1 Å². The summed E-state index contributed by atoms with van der Waals surface area (Å²) in [6, 6.07) is 0. The van der Waals surface area contributed by atoms with Crippen LogP contribution in [0.1, 0.15) is 19.3 Å². The molecular weight excluding hydrogens is 162 g/mol. The van der Waals surface area contributed by atoms with E-state index in [1.807, 2.05) is 0 Å². The van der Waals surface area contributed by atoms with Crippen molar-refractivity contribution in [2.45, 2.75) is 19.3 Å².